The molecule has 0 aromatic heterocycles. The second-order valence-electron chi connectivity index (χ2n) is 5.56. The van der Waals surface area contributed by atoms with Crippen molar-refractivity contribution in [2.45, 2.75) is 64.3 Å². The zero-order valence-corrected chi connectivity index (χ0v) is 14.4. The van der Waals surface area contributed by atoms with Crippen molar-refractivity contribution >= 4 is 17.4 Å². The molecule has 1 nitrogen and oxygen atoms in total. The maximum Gasteiger partial charge on any atom is 0.418 e. The van der Waals surface area contributed by atoms with E-state index in [0.29, 0.717) is 16.7 Å². The van der Waals surface area contributed by atoms with Gasteiger partial charge >= 0.3 is 6.18 Å². The highest BCUT2D eigenvalue weighted by molar-refractivity contribution is 7.99. The summed E-state index contributed by atoms with van der Waals surface area (Å²) in [6, 6.07) is 4.43. The molecule has 5 heteroatoms. The Morgan fingerprint density at radius 1 is 1.18 bits per heavy atom. The first-order valence-corrected chi connectivity index (χ1v) is 8.96. The van der Waals surface area contributed by atoms with Gasteiger partial charge in [0.25, 0.3) is 0 Å². The van der Waals surface area contributed by atoms with Crippen molar-refractivity contribution in [2.24, 2.45) is 0 Å². The zero-order valence-electron chi connectivity index (χ0n) is 13.6. The Morgan fingerprint density at radius 2 is 1.91 bits per heavy atom. The van der Waals surface area contributed by atoms with Gasteiger partial charge in [0.2, 0.25) is 0 Å². The summed E-state index contributed by atoms with van der Waals surface area (Å²) >= 11 is 1.71. The summed E-state index contributed by atoms with van der Waals surface area (Å²) in [6.45, 7) is 5.98. The molecule has 0 bridgehead atoms. The summed E-state index contributed by atoms with van der Waals surface area (Å²) in [5.41, 5.74) is 0.220. The molecule has 0 spiro atoms. The SMILES string of the molecule is CCCCC[C@H](CC)SCNc1ccc(C)cc1C(F)(F)F. The first-order valence-electron chi connectivity index (χ1n) is 7.91. The maximum atomic E-state index is 13.0. The van der Waals surface area contributed by atoms with Crippen molar-refractivity contribution in [1.29, 1.82) is 0 Å². The maximum absolute atomic E-state index is 13.0. The zero-order chi connectivity index (χ0) is 16.6. The number of aryl methyl sites for hydroxylation is 1. The van der Waals surface area contributed by atoms with E-state index in [1.165, 1.54) is 31.4 Å². The van der Waals surface area contributed by atoms with Crippen LogP contribution in [0.1, 0.15) is 57.1 Å². The highest BCUT2D eigenvalue weighted by Gasteiger charge is 2.33. The van der Waals surface area contributed by atoms with Gasteiger partial charge in [-0.3, -0.25) is 0 Å². The lowest BCUT2D eigenvalue weighted by Gasteiger charge is -2.18. The van der Waals surface area contributed by atoms with Crippen LogP contribution in [0.15, 0.2) is 18.2 Å². The summed E-state index contributed by atoms with van der Waals surface area (Å²) in [5, 5.41) is 3.46. The number of anilines is 1. The minimum absolute atomic E-state index is 0.175. The van der Waals surface area contributed by atoms with Crippen LogP contribution in [0.5, 0.6) is 0 Å². The van der Waals surface area contributed by atoms with Crippen LogP contribution in [-0.4, -0.2) is 11.1 Å². The van der Waals surface area contributed by atoms with Crippen LogP contribution in [0.25, 0.3) is 0 Å². The van der Waals surface area contributed by atoms with E-state index in [2.05, 4.69) is 19.2 Å². The molecule has 22 heavy (non-hydrogen) atoms. The predicted molar refractivity (Wildman–Crippen MR) is 90.5 cm³/mol. The first kappa shape index (κ1) is 19.2. The van der Waals surface area contributed by atoms with E-state index in [9.17, 15) is 13.2 Å². The first-order chi connectivity index (χ1) is 10.4. The number of unbranched alkanes of at least 4 members (excludes halogenated alkanes) is 2. The molecule has 126 valence electrons. The monoisotopic (exact) mass is 333 g/mol. The number of hydrogen-bond acceptors (Lipinski definition) is 2. The van der Waals surface area contributed by atoms with Gasteiger partial charge in [-0.15, -0.1) is 11.8 Å². The molecule has 0 fully saturated rings. The van der Waals surface area contributed by atoms with Crippen LogP contribution in [0.4, 0.5) is 18.9 Å². The predicted octanol–water partition coefficient (Wildman–Crippen LogP) is 6.48. The fourth-order valence-electron chi connectivity index (χ4n) is 2.31. The van der Waals surface area contributed by atoms with Gasteiger partial charge in [-0.05, 0) is 31.9 Å². The third kappa shape index (κ3) is 6.51. The average molecular weight is 333 g/mol. The van der Waals surface area contributed by atoms with Crippen LogP contribution >= 0.6 is 11.8 Å². The average Bonchev–Trinajstić information content (AvgIpc) is 2.46. The van der Waals surface area contributed by atoms with Gasteiger partial charge in [0.05, 0.1) is 11.4 Å². The van der Waals surface area contributed by atoms with Crippen LogP contribution in [0.3, 0.4) is 0 Å². The Bertz CT molecular complexity index is 446. The van der Waals surface area contributed by atoms with Crippen molar-refractivity contribution in [3.05, 3.63) is 29.3 Å². The van der Waals surface area contributed by atoms with E-state index >= 15 is 0 Å². The Labute approximate surface area is 136 Å². The second kappa shape index (κ2) is 9.33. The van der Waals surface area contributed by atoms with E-state index in [1.807, 2.05) is 0 Å². The summed E-state index contributed by atoms with van der Waals surface area (Å²) in [6.07, 6.45) is 1.48. The molecule has 0 amide bonds. The third-order valence-corrected chi connectivity index (χ3v) is 5.00. The number of halogens is 3. The smallest absolute Gasteiger partial charge is 0.376 e. The van der Waals surface area contributed by atoms with Gasteiger partial charge in [-0.1, -0.05) is 44.7 Å². The Balaban J connectivity index is 2.57. The van der Waals surface area contributed by atoms with Gasteiger partial charge in [0, 0.05) is 10.9 Å². The summed E-state index contributed by atoms with van der Waals surface area (Å²) in [7, 11) is 0. The van der Waals surface area contributed by atoms with Gasteiger partial charge < -0.3 is 5.32 Å². The molecule has 1 aromatic rings. The van der Waals surface area contributed by atoms with Gasteiger partial charge in [0.1, 0.15) is 0 Å². The van der Waals surface area contributed by atoms with Gasteiger partial charge in [0.15, 0.2) is 0 Å². The minimum Gasteiger partial charge on any atom is -0.376 e. The number of alkyl halides is 3. The minimum atomic E-state index is -4.32. The standard InChI is InChI=1S/C17H26F3NS/c1-4-6-7-8-14(5-2)22-12-21-16-10-9-13(3)11-15(16)17(18,19)20/h9-11,14,21H,4-8,12H2,1-3H3/t14-/m0/s1. The fourth-order valence-corrected chi connectivity index (χ4v) is 3.35. The summed E-state index contributed by atoms with van der Waals surface area (Å²) in [5.74, 6) is 0.511. The highest BCUT2D eigenvalue weighted by Crippen LogP contribution is 2.35. The van der Waals surface area contributed by atoms with E-state index in [1.54, 1.807) is 24.8 Å². The normalized spacial score (nSPS) is 13.2. The largest absolute Gasteiger partial charge is 0.418 e. The molecular weight excluding hydrogens is 307 g/mol. The number of thioether (sulfide) groups is 1. The van der Waals surface area contributed by atoms with E-state index in [-0.39, 0.29) is 5.69 Å². The Kier molecular flexibility index (Phi) is 8.15. The molecule has 0 aliphatic heterocycles. The molecule has 1 aromatic carbocycles. The molecule has 0 saturated heterocycles. The van der Waals surface area contributed by atoms with E-state index in [0.717, 1.165) is 12.8 Å². The van der Waals surface area contributed by atoms with Crippen LogP contribution in [-0.2, 0) is 6.18 Å². The lowest BCUT2D eigenvalue weighted by atomic mass is 10.1. The fraction of sp³-hybridized carbons (Fsp3) is 0.647. The topological polar surface area (TPSA) is 12.0 Å². The molecule has 0 heterocycles. The number of hydrogen-bond donors (Lipinski definition) is 1. The molecular formula is C17H26F3NS. The lowest BCUT2D eigenvalue weighted by Crippen LogP contribution is -2.12. The van der Waals surface area contributed by atoms with Gasteiger partial charge in [-0.25, -0.2) is 0 Å². The molecule has 0 aliphatic rings. The molecule has 0 unspecified atom stereocenters. The van der Waals surface area contributed by atoms with Crippen molar-refractivity contribution < 1.29 is 13.2 Å². The molecule has 0 saturated carbocycles. The van der Waals surface area contributed by atoms with Crippen molar-refractivity contribution in [2.75, 3.05) is 11.2 Å². The van der Waals surface area contributed by atoms with Crippen LogP contribution < -0.4 is 5.32 Å². The molecule has 0 aliphatic carbocycles. The quantitative estimate of drug-likeness (QED) is 0.410. The van der Waals surface area contributed by atoms with Crippen LogP contribution in [0.2, 0.25) is 0 Å². The van der Waals surface area contributed by atoms with E-state index in [4.69, 9.17) is 0 Å². The van der Waals surface area contributed by atoms with E-state index < -0.39 is 11.7 Å². The lowest BCUT2D eigenvalue weighted by molar-refractivity contribution is -0.137. The molecule has 0 radical (unpaired) electrons. The Morgan fingerprint density at radius 3 is 2.50 bits per heavy atom. The highest BCUT2D eigenvalue weighted by atomic mass is 32.2. The Hall–Kier alpha value is -0.840. The van der Waals surface area contributed by atoms with Crippen molar-refractivity contribution in [3.63, 3.8) is 0 Å². The van der Waals surface area contributed by atoms with Gasteiger partial charge in [-0.2, -0.15) is 13.2 Å². The molecule has 1 atom stereocenters. The number of benzene rings is 1. The van der Waals surface area contributed by atoms with Crippen molar-refractivity contribution in [1.82, 2.24) is 0 Å². The molecule has 1 N–H and O–H groups in total. The second-order valence-corrected chi connectivity index (χ2v) is 6.85. The summed E-state index contributed by atoms with van der Waals surface area (Å²) in [4.78, 5) is 0. The summed E-state index contributed by atoms with van der Waals surface area (Å²) < 4.78 is 39.1. The number of nitrogens with one attached hydrogen (secondary N) is 1. The third-order valence-electron chi connectivity index (χ3n) is 3.65. The van der Waals surface area contributed by atoms with Crippen molar-refractivity contribution in [3.8, 4) is 0 Å². The number of rotatable bonds is 9. The molecule has 1 rings (SSSR count). The van der Waals surface area contributed by atoms with Crippen LogP contribution in [0, 0.1) is 6.92 Å².